The monoisotopic (exact) mass is 261 g/mol. The average Bonchev–Trinajstić information content (AvgIpc) is 2.80. The van der Waals surface area contributed by atoms with E-state index in [1.807, 2.05) is 12.1 Å². The topological polar surface area (TPSA) is 23.5 Å². The second-order valence-electron chi connectivity index (χ2n) is 7.08. The summed E-state index contributed by atoms with van der Waals surface area (Å²) in [6, 6.07) is 6.20. The molecular formula is C17H27NO. The molecule has 0 amide bonds. The van der Waals surface area contributed by atoms with Gasteiger partial charge >= 0.3 is 0 Å². The van der Waals surface area contributed by atoms with Crippen LogP contribution in [0.4, 0.5) is 0 Å². The Morgan fingerprint density at radius 2 is 2.00 bits per heavy atom. The summed E-state index contributed by atoms with van der Waals surface area (Å²) in [5.41, 5.74) is 2.66. The lowest BCUT2D eigenvalue weighted by Gasteiger charge is -2.29. The molecule has 0 aromatic heterocycles. The van der Waals surface area contributed by atoms with Crippen molar-refractivity contribution in [3.8, 4) is 5.75 Å². The van der Waals surface area contributed by atoms with Crippen LogP contribution in [-0.4, -0.2) is 23.1 Å². The highest BCUT2D eigenvalue weighted by atomic mass is 16.3. The van der Waals surface area contributed by atoms with E-state index in [1.54, 1.807) is 0 Å². The minimum absolute atomic E-state index is 0.298. The first kappa shape index (κ1) is 14.4. The number of benzene rings is 1. The fourth-order valence-electron chi connectivity index (χ4n) is 3.05. The Bertz CT molecular complexity index is 447. The van der Waals surface area contributed by atoms with E-state index in [9.17, 15) is 5.11 Å². The van der Waals surface area contributed by atoms with E-state index in [0.717, 1.165) is 24.6 Å². The van der Waals surface area contributed by atoms with Crippen molar-refractivity contribution in [2.45, 2.75) is 47.1 Å². The molecule has 1 aliphatic heterocycles. The standard InChI is InChI=1S/C17H27NO/c1-12-6-7-16(19)15(10-12)13(2)18-9-8-14(11-18)17(3,4)5/h6-7,10,13-14,19H,8-9,11H2,1-5H3. The van der Waals surface area contributed by atoms with Crippen LogP contribution in [0.2, 0.25) is 0 Å². The highest BCUT2D eigenvalue weighted by molar-refractivity contribution is 5.37. The van der Waals surface area contributed by atoms with Gasteiger partial charge in [0.05, 0.1) is 0 Å². The van der Waals surface area contributed by atoms with Gasteiger partial charge in [0.25, 0.3) is 0 Å². The van der Waals surface area contributed by atoms with Crippen molar-refractivity contribution >= 4 is 0 Å². The molecule has 1 aromatic carbocycles. The number of aromatic hydroxyl groups is 1. The molecule has 106 valence electrons. The van der Waals surface area contributed by atoms with Crippen LogP contribution in [0.3, 0.4) is 0 Å². The maximum atomic E-state index is 10.1. The van der Waals surface area contributed by atoms with Crippen LogP contribution in [0.25, 0.3) is 0 Å². The fourth-order valence-corrected chi connectivity index (χ4v) is 3.05. The number of likely N-dealkylation sites (tertiary alicyclic amines) is 1. The van der Waals surface area contributed by atoms with Crippen LogP contribution in [0.5, 0.6) is 5.75 Å². The molecule has 2 nitrogen and oxygen atoms in total. The molecule has 2 rings (SSSR count). The first-order chi connectivity index (χ1) is 8.79. The predicted octanol–water partition coefficient (Wildman–Crippen LogP) is 4.13. The molecule has 2 heteroatoms. The van der Waals surface area contributed by atoms with Crippen molar-refractivity contribution in [1.82, 2.24) is 4.90 Å². The van der Waals surface area contributed by atoms with E-state index in [0.29, 0.717) is 17.2 Å². The van der Waals surface area contributed by atoms with Crippen LogP contribution in [0, 0.1) is 18.3 Å². The van der Waals surface area contributed by atoms with E-state index in [2.05, 4.69) is 45.6 Å². The third-order valence-corrected chi connectivity index (χ3v) is 4.63. The van der Waals surface area contributed by atoms with Crippen LogP contribution in [0.15, 0.2) is 18.2 Å². The van der Waals surface area contributed by atoms with Gasteiger partial charge in [0.2, 0.25) is 0 Å². The molecule has 0 saturated carbocycles. The summed E-state index contributed by atoms with van der Waals surface area (Å²) in [5, 5.41) is 10.1. The van der Waals surface area contributed by atoms with Crippen molar-refractivity contribution in [2.75, 3.05) is 13.1 Å². The van der Waals surface area contributed by atoms with Crippen molar-refractivity contribution in [2.24, 2.45) is 11.3 Å². The van der Waals surface area contributed by atoms with E-state index < -0.39 is 0 Å². The molecule has 0 bridgehead atoms. The highest BCUT2D eigenvalue weighted by Crippen LogP contribution is 2.38. The smallest absolute Gasteiger partial charge is 0.120 e. The van der Waals surface area contributed by atoms with Crippen LogP contribution < -0.4 is 0 Å². The van der Waals surface area contributed by atoms with Gasteiger partial charge in [0, 0.05) is 18.2 Å². The van der Waals surface area contributed by atoms with Gasteiger partial charge in [-0.15, -0.1) is 0 Å². The molecule has 0 spiro atoms. The Morgan fingerprint density at radius 3 is 2.58 bits per heavy atom. The van der Waals surface area contributed by atoms with E-state index in [1.165, 1.54) is 12.0 Å². The average molecular weight is 261 g/mol. The summed E-state index contributed by atoms with van der Waals surface area (Å²) in [4.78, 5) is 2.50. The van der Waals surface area contributed by atoms with Crippen LogP contribution >= 0.6 is 0 Å². The first-order valence-electron chi connectivity index (χ1n) is 7.32. The Balaban J connectivity index is 2.13. The Morgan fingerprint density at radius 1 is 1.32 bits per heavy atom. The zero-order valence-corrected chi connectivity index (χ0v) is 12.9. The second-order valence-corrected chi connectivity index (χ2v) is 7.08. The van der Waals surface area contributed by atoms with Gasteiger partial charge in [-0.3, -0.25) is 4.90 Å². The predicted molar refractivity (Wildman–Crippen MR) is 80.4 cm³/mol. The summed E-state index contributed by atoms with van der Waals surface area (Å²) < 4.78 is 0. The summed E-state index contributed by atoms with van der Waals surface area (Å²) in [7, 11) is 0. The van der Waals surface area contributed by atoms with Crippen LogP contribution in [-0.2, 0) is 0 Å². The second kappa shape index (κ2) is 5.16. The largest absolute Gasteiger partial charge is 0.508 e. The molecule has 1 aromatic rings. The molecule has 1 aliphatic rings. The molecule has 0 radical (unpaired) electrons. The third-order valence-electron chi connectivity index (χ3n) is 4.63. The van der Waals surface area contributed by atoms with Gasteiger partial charge in [-0.1, -0.05) is 38.5 Å². The summed E-state index contributed by atoms with van der Waals surface area (Å²) in [5.74, 6) is 1.18. The maximum Gasteiger partial charge on any atom is 0.120 e. The highest BCUT2D eigenvalue weighted by Gasteiger charge is 2.34. The minimum Gasteiger partial charge on any atom is -0.508 e. The van der Waals surface area contributed by atoms with Crippen molar-refractivity contribution in [3.63, 3.8) is 0 Å². The van der Waals surface area contributed by atoms with Crippen LogP contribution in [0.1, 0.15) is 51.3 Å². The molecule has 19 heavy (non-hydrogen) atoms. The summed E-state index contributed by atoms with van der Waals surface area (Å²) in [6.07, 6.45) is 1.26. The fraction of sp³-hybridized carbons (Fsp3) is 0.647. The van der Waals surface area contributed by atoms with E-state index >= 15 is 0 Å². The Hall–Kier alpha value is -1.02. The number of phenols is 1. The van der Waals surface area contributed by atoms with Crippen molar-refractivity contribution < 1.29 is 5.11 Å². The SMILES string of the molecule is Cc1ccc(O)c(C(C)N2CCC(C(C)(C)C)C2)c1. The van der Waals surface area contributed by atoms with Gasteiger partial charge in [-0.05, 0) is 44.2 Å². The Kier molecular flexibility index (Phi) is 3.91. The molecule has 1 saturated heterocycles. The molecule has 2 unspecified atom stereocenters. The third kappa shape index (κ3) is 3.11. The number of hydrogen-bond acceptors (Lipinski definition) is 2. The van der Waals surface area contributed by atoms with Gasteiger partial charge in [0.15, 0.2) is 0 Å². The Labute approximate surface area is 117 Å². The van der Waals surface area contributed by atoms with Gasteiger partial charge in [-0.25, -0.2) is 0 Å². The lowest BCUT2D eigenvalue weighted by molar-refractivity contribution is 0.201. The lowest BCUT2D eigenvalue weighted by atomic mass is 9.80. The quantitative estimate of drug-likeness (QED) is 0.865. The first-order valence-corrected chi connectivity index (χ1v) is 7.32. The zero-order chi connectivity index (χ0) is 14.2. The maximum absolute atomic E-state index is 10.1. The zero-order valence-electron chi connectivity index (χ0n) is 12.9. The van der Waals surface area contributed by atoms with E-state index in [4.69, 9.17) is 0 Å². The number of rotatable bonds is 2. The summed E-state index contributed by atoms with van der Waals surface area (Å²) in [6.45, 7) is 13.5. The summed E-state index contributed by atoms with van der Waals surface area (Å²) >= 11 is 0. The normalized spacial score (nSPS) is 22.7. The molecule has 2 atom stereocenters. The van der Waals surface area contributed by atoms with Gasteiger partial charge < -0.3 is 5.11 Å². The lowest BCUT2D eigenvalue weighted by Crippen LogP contribution is -2.28. The number of phenolic OH excluding ortho intramolecular Hbond substituents is 1. The molecule has 1 fully saturated rings. The number of nitrogens with zero attached hydrogens (tertiary/aromatic N) is 1. The van der Waals surface area contributed by atoms with E-state index in [-0.39, 0.29) is 0 Å². The van der Waals surface area contributed by atoms with Crippen molar-refractivity contribution in [1.29, 1.82) is 0 Å². The molecule has 0 aliphatic carbocycles. The minimum atomic E-state index is 0.298. The molecule has 1 heterocycles. The van der Waals surface area contributed by atoms with Crippen molar-refractivity contribution in [3.05, 3.63) is 29.3 Å². The number of aryl methyl sites for hydroxylation is 1. The van der Waals surface area contributed by atoms with Gasteiger partial charge in [0.1, 0.15) is 5.75 Å². The molecular weight excluding hydrogens is 234 g/mol. The molecule has 1 N–H and O–H groups in total. The van der Waals surface area contributed by atoms with Gasteiger partial charge in [-0.2, -0.15) is 0 Å². The number of hydrogen-bond donors (Lipinski definition) is 1.